The number of rotatable bonds is 8. The molecule has 0 aliphatic carbocycles. The first-order valence-electron chi connectivity index (χ1n) is 7.71. The average Bonchev–Trinajstić information content (AvgIpc) is 2.55. The zero-order chi connectivity index (χ0) is 20.1. The van der Waals surface area contributed by atoms with Gasteiger partial charge in [0.2, 0.25) is 0 Å². The van der Waals surface area contributed by atoms with Crippen LogP contribution in [0.1, 0.15) is 26.3 Å². The second-order valence-electron chi connectivity index (χ2n) is 6.27. The maximum Gasteiger partial charge on any atom is 0.180 e. The fourth-order valence-corrected chi connectivity index (χ4v) is 1.84. The van der Waals surface area contributed by atoms with Crippen molar-refractivity contribution >= 4 is 11.4 Å². The lowest BCUT2D eigenvalue weighted by molar-refractivity contribution is -0.111. The highest BCUT2D eigenvalue weighted by atomic mass is 19.1. The van der Waals surface area contributed by atoms with Crippen LogP contribution in [0.3, 0.4) is 0 Å². The number of hydrogen-bond donors (Lipinski definition) is 1. The summed E-state index contributed by atoms with van der Waals surface area (Å²) in [5.74, 6) is -3.66. The molecule has 0 amide bonds. The Hall–Kier alpha value is -2.60. The molecule has 0 radical (unpaired) electrons. The lowest BCUT2D eigenvalue weighted by Crippen LogP contribution is -2.27. The quantitative estimate of drug-likeness (QED) is 0.537. The van der Waals surface area contributed by atoms with Gasteiger partial charge < -0.3 is 9.84 Å². The van der Waals surface area contributed by atoms with Gasteiger partial charge in [-0.15, -0.1) is 0 Å². The zero-order valence-electron chi connectivity index (χ0n) is 14.9. The van der Waals surface area contributed by atoms with E-state index in [-0.39, 0.29) is 17.9 Å². The number of ketones is 1. The largest absolute Gasteiger partial charge is 0.490 e. The Labute approximate surface area is 150 Å². The summed E-state index contributed by atoms with van der Waals surface area (Å²) < 4.78 is 47.7. The molecule has 0 heterocycles. The monoisotopic (exact) mass is 366 g/mol. The Morgan fingerprint density at radius 2 is 1.81 bits per heavy atom. The number of allylic oxidation sites excluding steroid dienone is 6. The third-order valence-corrected chi connectivity index (χ3v) is 3.25. The molecule has 0 bridgehead atoms. The van der Waals surface area contributed by atoms with E-state index < -0.39 is 40.0 Å². The van der Waals surface area contributed by atoms with Crippen molar-refractivity contribution in [3.63, 3.8) is 0 Å². The topological polar surface area (TPSA) is 46.5 Å². The van der Waals surface area contributed by atoms with E-state index in [1.807, 2.05) is 0 Å². The van der Waals surface area contributed by atoms with Crippen LogP contribution in [0.4, 0.5) is 13.2 Å². The van der Waals surface area contributed by atoms with Gasteiger partial charge >= 0.3 is 0 Å². The number of benzene rings is 1. The van der Waals surface area contributed by atoms with Gasteiger partial charge in [0.05, 0.1) is 11.2 Å². The molecule has 0 atom stereocenters. The number of halogens is 3. The molecule has 6 heteroatoms. The first-order valence-corrected chi connectivity index (χ1v) is 7.71. The van der Waals surface area contributed by atoms with E-state index in [4.69, 9.17) is 4.74 Å². The molecular weight excluding hydrogens is 345 g/mol. The minimum absolute atomic E-state index is 0.143. The van der Waals surface area contributed by atoms with Gasteiger partial charge in [-0.3, -0.25) is 4.79 Å². The summed E-state index contributed by atoms with van der Waals surface area (Å²) in [6, 6.07) is 1.76. The van der Waals surface area contributed by atoms with Crippen molar-refractivity contribution in [2.75, 3.05) is 6.61 Å². The molecule has 0 aliphatic heterocycles. The molecule has 1 aromatic carbocycles. The van der Waals surface area contributed by atoms with Gasteiger partial charge in [-0.1, -0.05) is 19.2 Å². The molecule has 0 spiro atoms. The van der Waals surface area contributed by atoms with Crippen LogP contribution >= 0.6 is 0 Å². The smallest absolute Gasteiger partial charge is 0.180 e. The van der Waals surface area contributed by atoms with E-state index in [9.17, 15) is 23.1 Å². The van der Waals surface area contributed by atoms with E-state index in [2.05, 4.69) is 13.2 Å². The molecule has 3 nitrogen and oxygen atoms in total. The molecule has 1 aromatic rings. The first-order chi connectivity index (χ1) is 12.0. The van der Waals surface area contributed by atoms with Gasteiger partial charge in [-0.25, -0.2) is 13.2 Å². The second kappa shape index (κ2) is 8.67. The molecule has 0 aliphatic rings. The van der Waals surface area contributed by atoms with Crippen molar-refractivity contribution in [1.82, 2.24) is 0 Å². The summed E-state index contributed by atoms with van der Waals surface area (Å²) in [6.07, 6.45) is 3.13. The summed E-state index contributed by atoms with van der Waals surface area (Å²) in [4.78, 5) is 11.3. The van der Waals surface area contributed by atoms with Crippen LogP contribution in [0.25, 0.3) is 5.57 Å². The highest BCUT2D eigenvalue weighted by Gasteiger charge is 2.19. The highest BCUT2D eigenvalue weighted by molar-refractivity contribution is 6.03. The second-order valence-corrected chi connectivity index (χ2v) is 6.27. The Bertz CT molecular complexity index is 761. The molecule has 0 fully saturated rings. The summed E-state index contributed by atoms with van der Waals surface area (Å²) in [5.41, 5.74) is -2.13. The minimum atomic E-state index is -1.18. The van der Waals surface area contributed by atoms with E-state index in [1.165, 1.54) is 26.8 Å². The Morgan fingerprint density at radius 3 is 2.27 bits per heavy atom. The molecular formula is C20H21F3O3. The molecule has 0 aromatic heterocycles. The van der Waals surface area contributed by atoms with Crippen LogP contribution in [0.15, 0.2) is 54.9 Å². The molecule has 140 valence electrons. The average molecular weight is 366 g/mol. The predicted molar refractivity (Wildman–Crippen MR) is 95.3 cm³/mol. The number of aliphatic hydroxyl groups is 1. The van der Waals surface area contributed by atoms with E-state index in [1.54, 1.807) is 0 Å². The lowest BCUT2D eigenvalue weighted by Gasteiger charge is -2.18. The maximum absolute atomic E-state index is 14.2. The van der Waals surface area contributed by atoms with Crippen LogP contribution < -0.4 is 4.74 Å². The maximum atomic E-state index is 14.2. The van der Waals surface area contributed by atoms with Gasteiger partial charge in [0.1, 0.15) is 29.8 Å². The third kappa shape index (κ3) is 6.04. The van der Waals surface area contributed by atoms with Crippen molar-refractivity contribution in [1.29, 1.82) is 0 Å². The van der Waals surface area contributed by atoms with Gasteiger partial charge in [0, 0.05) is 17.7 Å². The Balaban J connectivity index is 3.09. The summed E-state index contributed by atoms with van der Waals surface area (Å²) in [5, 5.41) is 9.57. The molecule has 0 unspecified atom stereocenters. The van der Waals surface area contributed by atoms with Gasteiger partial charge in [0.25, 0.3) is 0 Å². The van der Waals surface area contributed by atoms with E-state index >= 15 is 0 Å². The molecule has 0 saturated heterocycles. The highest BCUT2D eigenvalue weighted by Crippen LogP contribution is 2.30. The van der Waals surface area contributed by atoms with Crippen molar-refractivity contribution < 1.29 is 27.8 Å². The standard InChI is InChI=1S/C20H21F3O3/c1-6-18(24)12(2)7-8-15(21)13(3)19-16(22)9-14(10-17(19)23)26-11-20(4,5)25/h6-10,25H,1,3,11H2,2,4-5H3/b12-7+,15-8+. The van der Waals surface area contributed by atoms with Crippen LogP contribution in [0.5, 0.6) is 5.75 Å². The van der Waals surface area contributed by atoms with Crippen LogP contribution in [0, 0.1) is 11.6 Å². The summed E-state index contributed by atoms with van der Waals surface area (Å²) in [6.45, 7) is 10.9. The summed E-state index contributed by atoms with van der Waals surface area (Å²) >= 11 is 0. The fourth-order valence-electron chi connectivity index (χ4n) is 1.84. The molecule has 26 heavy (non-hydrogen) atoms. The summed E-state index contributed by atoms with van der Waals surface area (Å²) in [7, 11) is 0. The van der Waals surface area contributed by atoms with Gasteiger partial charge in [-0.2, -0.15) is 0 Å². The van der Waals surface area contributed by atoms with Crippen molar-refractivity contribution in [3.05, 3.63) is 72.1 Å². The fraction of sp³-hybridized carbons (Fsp3) is 0.250. The Morgan fingerprint density at radius 1 is 1.27 bits per heavy atom. The number of ether oxygens (including phenoxy) is 1. The van der Waals surface area contributed by atoms with Gasteiger partial charge in [-0.05, 0) is 38.5 Å². The van der Waals surface area contributed by atoms with Crippen LogP contribution in [-0.2, 0) is 4.79 Å². The molecule has 1 N–H and O–H groups in total. The molecule has 1 rings (SSSR count). The van der Waals surface area contributed by atoms with Crippen molar-refractivity contribution in [2.45, 2.75) is 26.4 Å². The number of carbonyl (C=O) groups is 1. The SMILES string of the molecule is C=CC(=O)/C(C)=C/C=C(/F)C(=C)c1c(F)cc(OCC(C)(C)O)cc1F. The van der Waals surface area contributed by atoms with E-state index in [0.717, 1.165) is 24.3 Å². The number of hydrogen-bond acceptors (Lipinski definition) is 3. The van der Waals surface area contributed by atoms with Crippen LogP contribution in [0.2, 0.25) is 0 Å². The van der Waals surface area contributed by atoms with Crippen molar-refractivity contribution in [3.8, 4) is 5.75 Å². The minimum Gasteiger partial charge on any atom is -0.490 e. The first kappa shape index (κ1) is 21.4. The third-order valence-electron chi connectivity index (χ3n) is 3.25. The molecule has 0 saturated carbocycles. The number of carbonyl (C=O) groups excluding carboxylic acids is 1. The lowest BCUT2D eigenvalue weighted by atomic mass is 10.0. The van der Waals surface area contributed by atoms with Crippen LogP contribution in [-0.4, -0.2) is 23.1 Å². The normalized spacial score (nSPS) is 12.7. The van der Waals surface area contributed by atoms with Crippen molar-refractivity contribution in [2.24, 2.45) is 0 Å². The zero-order valence-corrected chi connectivity index (χ0v) is 14.9. The van der Waals surface area contributed by atoms with E-state index in [0.29, 0.717) is 0 Å². The van der Waals surface area contributed by atoms with Gasteiger partial charge in [0.15, 0.2) is 5.78 Å². The predicted octanol–water partition coefficient (Wildman–Crippen LogP) is 4.68. The Kier molecular flexibility index (Phi) is 7.15.